The van der Waals surface area contributed by atoms with Crippen molar-refractivity contribution in [2.75, 3.05) is 0 Å². The monoisotopic (exact) mass is 323 g/mol. The molecule has 0 atom stereocenters. The Kier molecular flexibility index (Phi) is 2.93. The zero-order valence-corrected chi connectivity index (χ0v) is 12.8. The van der Waals surface area contributed by atoms with Gasteiger partial charge >= 0.3 is 0 Å². The summed E-state index contributed by atoms with van der Waals surface area (Å²) in [4.78, 5) is 16.8. The summed E-state index contributed by atoms with van der Waals surface area (Å²) < 4.78 is 0. The third-order valence-electron chi connectivity index (χ3n) is 4.12. The lowest BCUT2D eigenvalue weighted by molar-refractivity contribution is -0.126. The first kappa shape index (κ1) is 13.9. The first-order valence-electron chi connectivity index (χ1n) is 7.05. The lowest BCUT2D eigenvalue weighted by Gasteiger charge is -2.36. The quantitative estimate of drug-likeness (QED) is 0.537. The topological polar surface area (TPSA) is 91.5 Å². The number of hydrogen-bond donors (Lipinski definition) is 4. The molecular formula is C16H13N5OS. The molecule has 0 unspecified atom stereocenters. The van der Waals surface area contributed by atoms with Gasteiger partial charge in [-0.1, -0.05) is 48.5 Å². The van der Waals surface area contributed by atoms with Crippen molar-refractivity contribution in [3.63, 3.8) is 0 Å². The summed E-state index contributed by atoms with van der Waals surface area (Å²) >= 11 is 4.74. The van der Waals surface area contributed by atoms with Gasteiger partial charge in [-0.2, -0.15) is 4.99 Å². The first-order chi connectivity index (χ1) is 11.1. The van der Waals surface area contributed by atoms with Crippen molar-refractivity contribution >= 4 is 29.2 Å². The maximum Gasteiger partial charge on any atom is 0.258 e. The molecule has 1 fully saturated rings. The van der Waals surface area contributed by atoms with Crippen molar-refractivity contribution in [1.29, 1.82) is 0 Å². The zero-order valence-electron chi connectivity index (χ0n) is 12.0. The minimum Gasteiger partial charge on any atom is -0.374 e. The molecule has 0 aromatic heterocycles. The van der Waals surface area contributed by atoms with E-state index in [-0.39, 0.29) is 17.0 Å². The zero-order chi connectivity index (χ0) is 16.0. The molecular weight excluding hydrogens is 310 g/mol. The number of nitrogens with two attached hydrogens (primary N) is 1. The Labute approximate surface area is 137 Å². The third-order valence-corrected chi connectivity index (χ3v) is 4.21. The number of carbonyl (C=O) groups excluding carboxylic acids is 1. The van der Waals surface area contributed by atoms with Crippen LogP contribution in [0.1, 0.15) is 11.1 Å². The summed E-state index contributed by atoms with van der Waals surface area (Å²) in [6.07, 6.45) is 0. The summed E-state index contributed by atoms with van der Waals surface area (Å²) in [6, 6.07) is 15.7. The summed E-state index contributed by atoms with van der Waals surface area (Å²) in [7, 11) is 0. The van der Waals surface area contributed by atoms with Crippen molar-refractivity contribution in [2.24, 2.45) is 10.7 Å². The molecule has 5 N–H and O–H groups in total. The minimum atomic E-state index is -1.01. The number of nitrogens with zero attached hydrogens (tertiary/aromatic N) is 1. The minimum absolute atomic E-state index is 0.0576. The maximum atomic E-state index is 13.0. The van der Waals surface area contributed by atoms with Crippen LogP contribution in [0, 0.1) is 0 Å². The van der Waals surface area contributed by atoms with E-state index >= 15 is 0 Å². The van der Waals surface area contributed by atoms with Gasteiger partial charge in [-0.25, -0.2) is 5.43 Å². The number of hydrazine groups is 1. The highest BCUT2D eigenvalue weighted by molar-refractivity contribution is 7.80. The number of guanidine groups is 1. The van der Waals surface area contributed by atoms with Crippen molar-refractivity contribution < 1.29 is 4.79 Å². The third kappa shape index (κ3) is 1.87. The normalized spacial score (nSPS) is 19.0. The van der Waals surface area contributed by atoms with E-state index in [1.807, 2.05) is 48.5 Å². The van der Waals surface area contributed by atoms with E-state index in [2.05, 4.69) is 21.2 Å². The van der Waals surface area contributed by atoms with Gasteiger partial charge in [-0.3, -0.25) is 15.5 Å². The lowest BCUT2D eigenvalue weighted by Crippen LogP contribution is -2.68. The van der Waals surface area contributed by atoms with Crippen molar-refractivity contribution in [1.82, 2.24) is 16.2 Å². The number of fused-ring (bicyclic) bond motifs is 5. The first-order valence-corrected chi connectivity index (χ1v) is 7.46. The Hall–Kier alpha value is -2.77. The molecule has 1 saturated heterocycles. The van der Waals surface area contributed by atoms with Gasteiger partial charge in [0, 0.05) is 0 Å². The van der Waals surface area contributed by atoms with Gasteiger partial charge in [0.2, 0.25) is 5.96 Å². The summed E-state index contributed by atoms with van der Waals surface area (Å²) in [5, 5.41) is 2.67. The van der Waals surface area contributed by atoms with Crippen molar-refractivity contribution in [3.05, 3.63) is 59.7 Å². The van der Waals surface area contributed by atoms with Crippen molar-refractivity contribution in [3.8, 4) is 11.1 Å². The second kappa shape index (κ2) is 4.87. The predicted octanol–water partition coefficient (Wildman–Crippen LogP) is 0.734. The molecule has 0 radical (unpaired) electrons. The SMILES string of the molecule is NC(=S)/N=C1/NNC2(C(=O)N1)c1ccccc1-c1ccccc12. The Morgan fingerprint density at radius 1 is 1.04 bits per heavy atom. The second-order valence-corrected chi connectivity index (χ2v) is 5.76. The van der Waals surface area contributed by atoms with Crippen LogP contribution >= 0.6 is 12.2 Å². The van der Waals surface area contributed by atoms with Gasteiger partial charge in [0.15, 0.2) is 10.7 Å². The van der Waals surface area contributed by atoms with Gasteiger partial charge in [-0.05, 0) is 34.5 Å². The number of nitrogens with one attached hydrogen (secondary N) is 3. The van der Waals surface area contributed by atoms with Crippen molar-refractivity contribution in [2.45, 2.75) is 5.54 Å². The number of amides is 1. The molecule has 6 nitrogen and oxygen atoms in total. The molecule has 0 bridgehead atoms. The predicted molar refractivity (Wildman–Crippen MR) is 91.3 cm³/mol. The molecule has 23 heavy (non-hydrogen) atoms. The highest BCUT2D eigenvalue weighted by Crippen LogP contribution is 2.47. The Bertz CT molecular complexity index is 831. The van der Waals surface area contributed by atoms with E-state index in [1.54, 1.807) is 0 Å². The van der Waals surface area contributed by atoms with Gasteiger partial charge in [0.1, 0.15) is 0 Å². The summed E-state index contributed by atoms with van der Waals surface area (Å²) in [5.74, 6) is -0.0429. The van der Waals surface area contributed by atoms with Crippen LogP contribution in [0.15, 0.2) is 53.5 Å². The van der Waals surface area contributed by atoms with Crippen LogP contribution in [-0.2, 0) is 10.3 Å². The van der Waals surface area contributed by atoms with Crippen LogP contribution in [0.25, 0.3) is 11.1 Å². The fraction of sp³-hybridized carbons (Fsp3) is 0.0625. The lowest BCUT2D eigenvalue weighted by atomic mass is 9.86. The Morgan fingerprint density at radius 2 is 1.61 bits per heavy atom. The number of aliphatic imine (C=N–C) groups is 1. The molecule has 0 saturated carbocycles. The van der Waals surface area contributed by atoms with Crippen LogP contribution in [0.3, 0.4) is 0 Å². The molecule has 1 aliphatic carbocycles. The molecule has 114 valence electrons. The number of hydrogen-bond acceptors (Lipinski definition) is 3. The molecule has 4 rings (SSSR count). The van der Waals surface area contributed by atoms with E-state index in [0.29, 0.717) is 0 Å². The number of carbonyl (C=O) groups is 1. The second-order valence-electron chi connectivity index (χ2n) is 5.34. The van der Waals surface area contributed by atoms with E-state index in [4.69, 9.17) is 18.0 Å². The number of rotatable bonds is 0. The largest absolute Gasteiger partial charge is 0.374 e. The van der Waals surface area contributed by atoms with E-state index in [9.17, 15) is 4.79 Å². The number of benzene rings is 2. The smallest absolute Gasteiger partial charge is 0.258 e. The Morgan fingerprint density at radius 3 is 2.13 bits per heavy atom. The molecule has 1 aliphatic heterocycles. The van der Waals surface area contributed by atoms with Gasteiger partial charge < -0.3 is 5.73 Å². The highest BCUT2D eigenvalue weighted by Gasteiger charge is 2.51. The highest BCUT2D eigenvalue weighted by atomic mass is 32.1. The molecule has 1 spiro atoms. The fourth-order valence-electron chi connectivity index (χ4n) is 3.22. The molecule has 2 aromatic carbocycles. The molecule has 2 aromatic rings. The van der Waals surface area contributed by atoms with Gasteiger partial charge in [0.05, 0.1) is 0 Å². The van der Waals surface area contributed by atoms with Crippen LogP contribution in [-0.4, -0.2) is 17.0 Å². The fourth-order valence-corrected chi connectivity index (χ4v) is 3.31. The van der Waals surface area contributed by atoms with Crippen LogP contribution in [0.4, 0.5) is 0 Å². The molecule has 1 heterocycles. The average Bonchev–Trinajstić information content (AvgIpc) is 2.83. The van der Waals surface area contributed by atoms with E-state index in [1.165, 1.54) is 0 Å². The molecule has 7 heteroatoms. The van der Waals surface area contributed by atoms with Gasteiger partial charge in [-0.15, -0.1) is 0 Å². The van der Waals surface area contributed by atoms with Crippen LogP contribution < -0.4 is 21.9 Å². The average molecular weight is 323 g/mol. The molecule has 1 amide bonds. The molecule has 2 aliphatic rings. The van der Waals surface area contributed by atoms with Gasteiger partial charge in [0.25, 0.3) is 5.91 Å². The summed E-state index contributed by atoms with van der Waals surface area (Å²) in [5.41, 5.74) is 14.2. The standard InChI is InChI=1S/C16H13N5OS/c17-14(23)19-15-18-13(22)16(21-20-15)11-7-3-1-5-9(11)10-6-2-4-8-12(10)16/h1-8,21H,(H4,17,18,19,20,22,23). The van der Waals surface area contributed by atoms with E-state index < -0.39 is 5.54 Å². The van der Waals surface area contributed by atoms with Crippen LogP contribution in [0.5, 0.6) is 0 Å². The van der Waals surface area contributed by atoms with E-state index in [0.717, 1.165) is 22.3 Å². The number of thiocarbonyl (C=S) groups is 1. The summed E-state index contributed by atoms with van der Waals surface area (Å²) in [6.45, 7) is 0. The maximum absolute atomic E-state index is 13.0. The Balaban J connectivity index is 1.89. The van der Waals surface area contributed by atoms with Crippen LogP contribution in [0.2, 0.25) is 0 Å².